The second kappa shape index (κ2) is 7.30. The van der Waals surface area contributed by atoms with Crippen LogP contribution in [0.1, 0.15) is 44.0 Å². The summed E-state index contributed by atoms with van der Waals surface area (Å²) in [5.74, 6) is 0.208. The van der Waals surface area contributed by atoms with Gasteiger partial charge in [0.05, 0.1) is 21.8 Å². The van der Waals surface area contributed by atoms with Gasteiger partial charge in [-0.15, -0.1) is 11.3 Å². The number of carbonyl (C=O) groups is 1. The van der Waals surface area contributed by atoms with E-state index in [9.17, 15) is 4.79 Å². The van der Waals surface area contributed by atoms with E-state index in [1.165, 1.54) is 24.0 Å². The molecule has 5 heteroatoms. The van der Waals surface area contributed by atoms with E-state index in [4.69, 9.17) is 0 Å². The molecule has 0 unspecified atom stereocenters. The van der Waals surface area contributed by atoms with Crippen molar-refractivity contribution in [2.24, 2.45) is 0 Å². The van der Waals surface area contributed by atoms with Crippen molar-refractivity contribution < 1.29 is 4.79 Å². The summed E-state index contributed by atoms with van der Waals surface area (Å²) in [6.07, 6.45) is 6.14. The number of hydrogen-bond donors (Lipinski definition) is 1. The van der Waals surface area contributed by atoms with E-state index in [0.717, 1.165) is 35.6 Å². The van der Waals surface area contributed by atoms with Crippen LogP contribution in [-0.2, 0) is 4.79 Å². The number of likely N-dealkylation sites (N-methyl/N-ethyl adjacent to an activating group) is 1. The van der Waals surface area contributed by atoms with Crippen LogP contribution in [0, 0.1) is 6.92 Å². The molecule has 1 aliphatic rings. The molecule has 1 amide bonds. The maximum Gasteiger partial charge on any atom is 0.242 e. The van der Waals surface area contributed by atoms with Crippen molar-refractivity contribution in [3.63, 3.8) is 0 Å². The Balaban J connectivity index is 1.61. The second-order valence-corrected chi connectivity index (χ2v) is 7.48. The van der Waals surface area contributed by atoms with Crippen LogP contribution < -0.4 is 5.32 Å². The molecule has 1 heterocycles. The average molecular weight is 331 g/mol. The highest BCUT2D eigenvalue weighted by molar-refractivity contribution is 7.18. The van der Waals surface area contributed by atoms with Crippen LogP contribution >= 0.6 is 11.3 Å². The quantitative estimate of drug-likeness (QED) is 0.893. The summed E-state index contributed by atoms with van der Waals surface area (Å²) in [5, 5.41) is 4.36. The summed E-state index contributed by atoms with van der Waals surface area (Å²) >= 11 is 1.69. The van der Waals surface area contributed by atoms with Gasteiger partial charge in [0.15, 0.2) is 0 Å². The predicted octanol–water partition coefficient (Wildman–Crippen LogP) is 4.20. The number of anilines is 1. The third kappa shape index (κ3) is 3.83. The van der Waals surface area contributed by atoms with E-state index in [1.54, 1.807) is 11.3 Å². The summed E-state index contributed by atoms with van der Waals surface area (Å²) in [4.78, 5) is 19.1. The van der Waals surface area contributed by atoms with Gasteiger partial charge in [-0.1, -0.05) is 19.3 Å². The molecule has 4 nitrogen and oxygen atoms in total. The summed E-state index contributed by atoms with van der Waals surface area (Å²) in [7, 11) is 0. The number of benzene rings is 1. The number of amides is 1. The van der Waals surface area contributed by atoms with Gasteiger partial charge in [0.1, 0.15) is 0 Å². The third-order valence-electron chi connectivity index (χ3n) is 4.62. The number of aromatic nitrogens is 1. The topological polar surface area (TPSA) is 45.2 Å². The first-order valence-electron chi connectivity index (χ1n) is 8.58. The molecule has 23 heavy (non-hydrogen) atoms. The Morgan fingerprint density at radius 2 is 2.13 bits per heavy atom. The van der Waals surface area contributed by atoms with Crippen molar-refractivity contribution in [3.05, 3.63) is 23.2 Å². The number of hydrogen-bond acceptors (Lipinski definition) is 4. The highest BCUT2D eigenvalue weighted by Crippen LogP contribution is 2.25. The minimum Gasteiger partial charge on any atom is -0.376 e. The summed E-state index contributed by atoms with van der Waals surface area (Å²) in [6, 6.07) is 6.55. The third-order valence-corrected chi connectivity index (χ3v) is 5.55. The molecular weight excluding hydrogens is 306 g/mol. The van der Waals surface area contributed by atoms with Crippen molar-refractivity contribution >= 4 is 33.1 Å². The molecule has 1 aliphatic carbocycles. The number of fused-ring (bicyclic) bond motifs is 1. The van der Waals surface area contributed by atoms with Crippen molar-refractivity contribution in [2.75, 3.05) is 18.4 Å². The molecule has 1 aromatic carbocycles. The van der Waals surface area contributed by atoms with Crippen molar-refractivity contribution in [2.45, 2.75) is 52.0 Å². The molecule has 0 bridgehead atoms. The Bertz CT molecular complexity index is 676. The first-order valence-corrected chi connectivity index (χ1v) is 9.39. The van der Waals surface area contributed by atoms with E-state index in [1.807, 2.05) is 19.1 Å². The Labute approximate surface area is 141 Å². The Morgan fingerprint density at radius 1 is 1.35 bits per heavy atom. The zero-order valence-corrected chi connectivity index (χ0v) is 14.8. The Hall–Kier alpha value is -1.62. The average Bonchev–Trinajstić information content (AvgIpc) is 2.94. The lowest BCUT2D eigenvalue weighted by atomic mass is 9.94. The molecule has 0 spiro atoms. The van der Waals surface area contributed by atoms with Gasteiger partial charge >= 0.3 is 0 Å². The lowest BCUT2D eigenvalue weighted by Gasteiger charge is -2.33. The van der Waals surface area contributed by atoms with Crippen LogP contribution in [0.25, 0.3) is 10.2 Å². The molecule has 2 aromatic rings. The van der Waals surface area contributed by atoms with Gasteiger partial charge in [-0.2, -0.15) is 0 Å². The SMILES string of the molecule is CCN(C(=O)CNc1ccc2nc(C)sc2c1)C1CCCCC1. The fourth-order valence-corrected chi connectivity index (χ4v) is 4.33. The van der Waals surface area contributed by atoms with E-state index >= 15 is 0 Å². The van der Waals surface area contributed by atoms with Crippen molar-refractivity contribution in [3.8, 4) is 0 Å². The highest BCUT2D eigenvalue weighted by atomic mass is 32.1. The molecule has 0 saturated heterocycles. The van der Waals surface area contributed by atoms with Gasteiger partial charge in [-0.25, -0.2) is 4.98 Å². The van der Waals surface area contributed by atoms with Gasteiger partial charge < -0.3 is 10.2 Å². The van der Waals surface area contributed by atoms with E-state index < -0.39 is 0 Å². The molecular formula is C18H25N3OS. The van der Waals surface area contributed by atoms with Gasteiger partial charge in [0, 0.05) is 18.3 Å². The first-order chi connectivity index (χ1) is 11.2. The molecule has 1 aromatic heterocycles. The molecule has 0 atom stereocenters. The normalized spacial score (nSPS) is 15.7. The minimum absolute atomic E-state index is 0.208. The number of carbonyl (C=O) groups excluding carboxylic acids is 1. The number of nitrogens with zero attached hydrogens (tertiary/aromatic N) is 2. The zero-order chi connectivity index (χ0) is 16.2. The fourth-order valence-electron chi connectivity index (χ4n) is 3.46. The van der Waals surface area contributed by atoms with Crippen LogP contribution in [0.3, 0.4) is 0 Å². The first kappa shape index (κ1) is 16.2. The highest BCUT2D eigenvalue weighted by Gasteiger charge is 2.23. The largest absolute Gasteiger partial charge is 0.376 e. The lowest BCUT2D eigenvalue weighted by Crippen LogP contribution is -2.43. The molecule has 3 rings (SSSR count). The maximum absolute atomic E-state index is 12.6. The van der Waals surface area contributed by atoms with Gasteiger partial charge in [-0.3, -0.25) is 4.79 Å². The number of nitrogens with one attached hydrogen (secondary N) is 1. The molecule has 0 aliphatic heterocycles. The number of aryl methyl sites for hydroxylation is 1. The number of thiazole rings is 1. The van der Waals surface area contributed by atoms with Gasteiger partial charge in [-0.05, 0) is 44.9 Å². The Morgan fingerprint density at radius 3 is 2.87 bits per heavy atom. The summed E-state index contributed by atoms with van der Waals surface area (Å²) in [5.41, 5.74) is 2.02. The summed E-state index contributed by atoms with van der Waals surface area (Å²) in [6.45, 7) is 5.27. The predicted molar refractivity (Wildman–Crippen MR) is 97.1 cm³/mol. The van der Waals surface area contributed by atoms with Crippen molar-refractivity contribution in [1.29, 1.82) is 0 Å². The van der Waals surface area contributed by atoms with Crippen LogP contribution in [0.15, 0.2) is 18.2 Å². The molecule has 124 valence electrons. The molecule has 1 saturated carbocycles. The van der Waals surface area contributed by atoms with Crippen LogP contribution in [0.2, 0.25) is 0 Å². The second-order valence-electron chi connectivity index (χ2n) is 6.24. The minimum atomic E-state index is 0.208. The standard InChI is InChI=1S/C18H25N3OS/c1-3-21(15-7-5-4-6-8-15)18(22)12-19-14-9-10-16-17(11-14)23-13(2)20-16/h9-11,15,19H,3-8,12H2,1-2H3. The van der Waals surface area contributed by atoms with Crippen LogP contribution in [0.4, 0.5) is 5.69 Å². The smallest absolute Gasteiger partial charge is 0.242 e. The van der Waals surface area contributed by atoms with Crippen molar-refractivity contribution in [1.82, 2.24) is 9.88 Å². The van der Waals surface area contributed by atoms with Crippen LogP contribution in [0.5, 0.6) is 0 Å². The van der Waals surface area contributed by atoms with Gasteiger partial charge in [0.2, 0.25) is 5.91 Å². The molecule has 0 radical (unpaired) electrons. The molecule has 1 N–H and O–H groups in total. The molecule has 1 fully saturated rings. The summed E-state index contributed by atoms with van der Waals surface area (Å²) < 4.78 is 1.17. The van der Waals surface area contributed by atoms with E-state index in [-0.39, 0.29) is 5.91 Å². The number of rotatable bonds is 5. The fraction of sp³-hybridized carbons (Fsp3) is 0.556. The van der Waals surface area contributed by atoms with Gasteiger partial charge in [0.25, 0.3) is 0 Å². The van der Waals surface area contributed by atoms with E-state index in [2.05, 4.69) is 28.2 Å². The van der Waals surface area contributed by atoms with Crippen LogP contribution in [-0.4, -0.2) is 34.9 Å². The maximum atomic E-state index is 12.6. The Kier molecular flexibility index (Phi) is 5.16. The monoisotopic (exact) mass is 331 g/mol. The van der Waals surface area contributed by atoms with E-state index in [0.29, 0.717) is 12.6 Å². The zero-order valence-electron chi connectivity index (χ0n) is 14.0. The lowest BCUT2D eigenvalue weighted by molar-refractivity contribution is -0.132.